The molecular weight excluding hydrogens is 272 g/mol. The molecule has 0 radical (unpaired) electrons. The lowest BCUT2D eigenvalue weighted by atomic mass is 10.1. The number of carbonyl (C=O) groups excluding carboxylic acids is 1. The summed E-state index contributed by atoms with van der Waals surface area (Å²) in [5, 5.41) is 2.68. The van der Waals surface area contributed by atoms with Gasteiger partial charge in [0.15, 0.2) is 0 Å². The van der Waals surface area contributed by atoms with Crippen LogP contribution in [0.4, 0.5) is 0 Å². The first-order chi connectivity index (χ1) is 9.56. The van der Waals surface area contributed by atoms with Gasteiger partial charge in [-0.05, 0) is 33.2 Å². The maximum absolute atomic E-state index is 12.6. The van der Waals surface area contributed by atoms with Crippen molar-refractivity contribution in [1.82, 2.24) is 14.8 Å². The van der Waals surface area contributed by atoms with Gasteiger partial charge in [0.2, 0.25) is 0 Å². The summed E-state index contributed by atoms with van der Waals surface area (Å²) in [4.78, 5) is 21.5. The lowest BCUT2D eigenvalue weighted by molar-refractivity contribution is 0.0391. The van der Waals surface area contributed by atoms with Crippen molar-refractivity contribution in [3.63, 3.8) is 0 Å². The highest BCUT2D eigenvalue weighted by molar-refractivity contribution is 7.09. The average molecular weight is 294 g/mol. The summed E-state index contributed by atoms with van der Waals surface area (Å²) >= 11 is 1.48. The van der Waals surface area contributed by atoms with E-state index in [1.807, 2.05) is 17.2 Å². The predicted molar refractivity (Wildman–Crippen MR) is 79.8 cm³/mol. The van der Waals surface area contributed by atoms with E-state index in [1.165, 1.54) is 30.7 Å². The van der Waals surface area contributed by atoms with Crippen LogP contribution in [0.3, 0.4) is 0 Å². The van der Waals surface area contributed by atoms with E-state index in [9.17, 15) is 4.79 Å². The van der Waals surface area contributed by atoms with Crippen LogP contribution in [0.15, 0.2) is 5.38 Å². The number of thiazole rings is 1. The van der Waals surface area contributed by atoms with Gasteiger partial charge >= 0.3 is 0 Å². The number of hydrogen-bond donors (Lipinski definition) is 1. The summed E-state index contributed by atoms with van der Waals surface area (Å²) in [5.41, 5.74) is 6.38. The quantitative estimate of drug-likeness (QED) is 0.897. The van der Waals surface area contributed by atoms with Crippen LogP contribution in [0.25, 0.3) is 0 Å². The smallest absolute Gasteiger partial charge is 0.273 e. The molecule has 1 aromatic heterocycles. The molecule has 2 fully saturated rings. The molecular formula is C14H22N4OS. The summed E-state index contributed by atoms with van der Waals surface area (Å²) in [6.45, 7) is 7.03. The number of hydrogen-bond acceptors (Lipinski definition) is 5. The zero-order valence-corrected chi connectivity index (χ0v) is 12.9. The minimum Gasteiger partial charge on any atom is -0.332 e. The molecule has 1 aromatic rings. The second kappa shape index (κ2) is 5.42. The topological polar surface area (TPSA) is 62.5 Å². The van der Waals surface area contributed by atoms with E-state index < -0.39 is 0 Å². The van der Waals surface area contributed by atoms with Crippen molar-refractivity contribution in [2.24, 2.45) is 5.73 Å². The van der Waals surface area contributed by atoms with Gasteiger partial charge in [-0.15, -0.1) is 11.3 Å². The van der Waals surface area contributed by atoms with Crippen LogP contribution in [0.2, 0.25) is 0 Å². The van der Waals surface area contributed by atoms with Gasteiger partial charge in [-0.3, -0.25) is 9.69 Å². The molecule has 0 aliphatic carbocycles. The molecule has 0 aromatic carbocycles. The van der Waals surface area contributed by atoms with Gasteiger partial charge < -0.3 is 10.6 Å². The Morgan fingerprint density at radius 2 is 2.35 bits per heavy atom. The van der Waals surface area contributed by atoms with E-state index >= 15 is 0 Å². The standard InChI is InChI=1S/C14H22N4OS/c1-9-6-17-5-3-4-11(17)7-18(9)14(19)12-8-20-13(16-12)10(2)15/h8-11H,3-7,15H2,1-2H3. The van der Waals surface area contributed by atoms with E-state index in [-0.39, 0.29) is 18.0 Å². The van der Waals surface area contributed by atoms with Crippen LogP contribution in [-0.4, -0.2) is 52.4 Å². The fourth-order valence-corrected chi connectivity index (χ4v) is 3.96. The zero-order chi connectivity index (χ0) is 14.3. The van der Waals surface area contributed by atoms with Gasteiger partial charge in [-0.2, -0.15) is 0 Å². The van der Waals surface area contributed by atoms with Crippen molar-refractivity contribution in [3.8, 4) is 0 Å². The lowest BCUT2D eigenvalue weighted by Crippen LogP contribution is -2.56. The van der Waals surface area contributed by atoms with Crippen molar-refractivity contribution in [2.45, 2.75) is 44.8 Å². The molecule has 6 heteroatoms. The van der Waals surface area contributed by atoms with Crippen molar-refractivity contribution < 1.29 is 4.79 Å². The van der Waals surface area contributed by atoms with Gasteiger partial charge in [0.1, 0.15) is 10.7 Å². The first-order valence-electron chi connectivity index (χ1n) is 7.32. The summed E-state index contributed by atoms with van der Waals surface area (Å²) in [6.07, 6.45) is 2.46. The minimum atomic E-state index is -0.106. The highest BCUT2D eigenvalue weighted by atomic mass is 32.1. The Kier molecular flexibility index (Phi) is 3.79. The van der Waals surface area contributed by atoms with Crippen LogP contribution < -0.4 is 5.73 Å². The molecule has 3 rings (SSSR count). The van der Waals surface area contributed by atoms with Crippen LogP contribution >= 0.6 is 11.3 Å². The fraction of sp³-hybridized carbons (Fsp3) is 0.714. The number of nitrogens with two attached hydrogens (primary N) is 1. The number of piperazine rings is 1. The van der Waals surface area contributed by atoms with E-state index in [1.54, 1.807) is 0 Å². The fourth-order valence-electron chi connectivity index (χ4n) is 3.21. The molecule has 110 valence electrons. The van der Waals surface area contributed by atoms with E-state index in [0.717, 1.165) is 18.1 Å². The molecule has 2 N–H and O–H groups in total. The molecule has 3 unspecified atom stereocenters. The SMILES string of the molecule is CC(N)c1nc(C(=O)N2CC3CCCN3CC2C)cs1. The minimum absolute atomic E-state index is 0.0622. The summed E-state index contributed by atoms with van der Waals surface area (Å²) in [6, 6.07) is 0.699. The Labute approximate surface area is 123 Å². The number of amides is 1. The van der Waals surface area contributed by atoms with Gasteiger partial charge in [0, 0.05) is 30.6 Å². The number of rotatable bonds is 2. The third-order valence-electron chi connectivity index (χ3n) is 4.33. The molecule has 5 nitrogen and oxygen atoms in total. The van der Waals surface area contributed by atoms with Crippen molar-refractivity contribution in [2.75, 3.05) is 19.6 Å². The van der Waals surface area contributed by atoms with E-state index in [2.05, 4.69) is 16.8 Å². The summed E-state index contributed by atoms with van der Waals surface area (Å²) in [7, 11) is 0. The molecule has 3 heterocycles. The van der Waals surface area contributed by atoms with Crippen LogP contribution in [0.5, 0.6) is 0 Å². The maximum Gasteiger partial charge on any atom is 0.273 e. The Hall–Kier alpha value is -0.980. The molecule has 2 saturated heterocycles. The van der Waals surface area contributed by atoms with Crippen LogP contribution in [0.1, 0.15) is 48.2 Å². The number of nitrogens with zero attached hydrogens (tertiary/aromatic N) is 3. The molecule has 20 heavy (non-hydrogen) atoms. The normalized spacial score (nSPS) is 28.4. The first kappa shape index (κ1) is 14.0. The highest BCUT2D eigenvalue weighted by Gasteiger charge is 2.37. The molecule has 2 aliphatic heterocycles. The molecule has 1 amide bonds. The van der Waals surface area contributed by atoms with Gasteiger partial charge in [0.05, 0.1) is 6.04 Å². The molecule has 2 aliphatic rings. The molecule has 0 saturated carbocycles. The summed E-state index contributed by atoms with van der Waals surface area (Å²) < 4.78 is 0. The van der Waals surface area contributed by atoms with Crippen molar-refractivity contribution in [3.05, 3.63) is 16.1 Å². The molecule has 0 spiro atoms. The predicted octanol–water partition coefficient (Wildman–Crippen LogP) is 1.47. The number of aromatic nitrogens is 1. The Balaban J connectivity index is 1.75. The largest absolute Gasteiger partial charge is 0.332 e. The Morgan fingerprint density at radius 3 is 3.05 bits per heavy atom. The molecule has 3 atom stereocenters. The maximum atomic E-state index is 12.6. The zero-order valence-electron chi connectivity index (χ0n) is 12.1. The number of fused-ring (bicyclic) bond motifs is 1. The first-order valence-corrected chi connectivity index (χ1v) is 8.20. The van der Waals surface area contributed by atoms with E-state index in [4.69, 9.17) is 5.73 Å². The van der Waals surface area contributed by atoms with Gasteiger partial charge in [-0.25, -0.2) is 4.98 Å². The monoisotopic (exact) mass is 294 g/mol. The van der Waals surface area contributed by atoms with Crippen LogP contribution in [0, 0.1) is 0 Å². The van der Waals surface area contributed by atoms with Gasteiger partial charge in [0.25, 0.3) is 5.91 Å². The van der Waals surface area contributed by atoms with Gasteiger partial charge in [-0.1, -0.05) is 0 Å². The second-order valence-electron chi connectivity index (χ2n) is 5.96. The number of carbonyl (C=O) groups is 1. The Bertz CT molecular complexity index is 501. The Morgan fingerprint density at radius 1 is 1.55 bits per heavy atom. The van der Waals surface area contributed by atoms with Crippen molar-refractivity contribution in [1.29, 1.82) is 0 Å². The van der Waals surface area contributed by atoms with Crippen LogP contribution in [-0.2, 0) is 0 Å². The van der Waals surface area contributed by atoms with Crippen molar-refractivity contribution >= 4 is 17.2 Å². The third kappa shape index (κ3) is 2.47. The van der Waals surface area contributed by atoms with E-state index in [0.29, 0.717) is 11.7 Å². The average Bonchev–Trinajstić information content (AvgIpc) is 3.05. The molecule has 0 bridgehead atoms. The lowest BCUT2D eigenvalue weighted by Gasteiger charge is -2.42. The summed E-state index contributed by atoms with van der Waals surface area (Å²) in [5.74, 6) is 0.0622. The highest BCUT2D eigenvalue weighted by Crippen LogP contribution is 2.26. The second-order valence-corrected chi connectivity index (χ2v) is 6.85. The third-order valence-corrected chi connectivity index (χ3v) is 5.37.